The van der Waals surface area contributed by atoms with Crippen LogP contribution in [0.25, 0.3) is 10.8 Å². The molecule has 180 valence electrons. The number of carboxylic acids is 1. The first-order valence-electron chi connectivity index (χ1n) is 12.3. The number of aromatic nitrogens is 2. The van der Waals surface area contributed by atoms with Crippen molar-refractivity contribution >= 4 is 34.0 Å². The van der Waals surface area contributed by atoms with Gasteiger partial charge in [0.1, 0.15) is 11.4 Å². The highest BCUT2D eigenvalue weighted by atomic mass is 16.4. The van der Waals surface area contributed by atoms with Crippen molar-refractivity contribution in [1.29, 1.82) is 0 Å². The number of carboxylic acid groups (broad SMARTS) is 1. The number of fused-ring (bicyclic) bond motifs is 1. The number of pyridine rings is 2. The van der Waals surface area contributed by atoms with E-state index >= 15 is 0 Å². The SMILES string of the molecule is CC[C@@](Cc1ccc(Nc2nccc3ccncc23)cc1)(NC1=CC(=O)C12CCCCC2)C(=O)O. The molecule has 7 heteroatoms. The number of benzene rings is 1. The van der Waals surface area contributed by atoms with E-state index in [2.05, 4.69) is 20.6 Å². The molecule has 0 amide bonds. The Bertz CT molecular complexity index is 1290. The number of anilines is 2. The molecule has 1 atom stereocenters. The number of carbonyl (C=O) groups excluding carboxylic acids is 1. The summed E-state index contributed by atoms with van der Waals surface area (Å²) in [7, 11) is 0. The van der Waals surface area contributed by atoms with Gasteiger partial charge in [0.25, 0.3) is 0 Å². The van der Waals surface area contributed by atoms with Crippen LogP contribution < -0.4 is 10.6 Å². The van der Waals surface area contributed by atoms with Crippen LogP contribution in [0.1, 0.15) is 51.0 Å². The fourth-order valence-corrected chi connectivity index (χ4v) is 5.39. The number of allylic oxidation sites excluding steroid dienone is 2. The highest BCUT2D eigenvalue weighted by Gasteiger charge is 2.51. The molecule has 1 spiro atoms. The number of nitrogens with zero attached hydrogens (tertiary/aromatic N) is 2. The molecule has 1 saturated carbocycles. The summed E-state index contributed by atoms with van der Waals surface area (Å²) in [5, 5.41) is 18.9. The van der Waals surface area contributed by atoms with Gasteiger partial charge in [-0.05, 0) is 54.5 Å². The van der Waals surface area contributed by atoms with E-state index in [1.807, 2.05) is 43.3 Å². The summed E-state index contributed by atoms with van der Waals surface area (Å²) in [5.41, 5.74) is 0.900. The number of hydrogen-bond donors (Lipinski definition) is 3. The Morgan fingerprint density at radius 3 is 2.51 bits per heavy atom. The molecule has 0 saturated heterocycles. The molecule has 1 fully saturated rings. The van der Waals surface area contributed by atoms with E-state index in [-0.39, 0.29) is 5.78 Å². The van der Waals surface area contributed by atoms with Crippen LogP contribution in [-0.2, 0) is 16.0 Å². The zero-order valence-electron chi connectivity index (χ0n) is 19.9. The summed E-state index contributed by atoms with van der Waals surface area (Å²) in [6, 6.07) is 11.6. The lowest BCUT2D eigenvalue weighted by atomic mass is 9.62. The first kappa shape index (κ1) is 23.0. The molecule has 0 unspecified atom stereocenters. The van der Waals surface area contributed by atoms with Crippen molar-refractivity contribution in [2.45, 2.75) is 57.4 Å². The fourth-order valence-electron chi connectivity index (χ4n) is 5.39. The molecule has 2 aliphatic rings. The van der Waals surface area contributed by atoms with Crippen LogP contribution in [0.15, 0.2) is 66.8 Å². The number of rotatable bonds is 8. The summed E-state index contributed by atoms with van der Waals surface area (Å²) in [6.45, 7) is 1.88. The maximum atomic E-state index is 12.5. The summed E-state index contributed by atoms with van der Waals surface area (Å²) in [4.78, 5) is 33.7. The van der Waals surface area contributed by atoms with Gasteiger partial charge in [-0.15, -0.1) is 0 Å². The number of nitrogens with one attached hydrogen (secondary N) is 2. The minimum absolute atomic E-state index is 0.141. The van der Waals surface area contributed by atoms with Crippen molar-refractivity contribution < 1.29 is 14.7 Å². The second kappa shape index (κ2) is 9.13. The second-order valence-electron chi connectivity index (χ2n) is 9.69. The number of carbonyl (C=O) groups is 2. The minimum atomic E-state index is -1.17. The average molecular weight is 471 g/mol. The predicted octanol–water partition coefficient (Wildman–Crippen LogP) is 5.16. The summed E-state index contributed by atoms with van der Waals surface area (Å²) in [6.07, 6.45) is 12.4. The van der Waals surface area contributed by atoms with Crippen molar-refractivity contribution in [3.8, 4) is 0 Å². The average Bonchev–Trinajstić information content (AvgIpc) is 2.89. The molecular formula is C28H30N4O3. The molecule has 0 aliphatic heterocycles. The fraction of sp³-hybridized carbons (Fsp3) is 0.357. The third kappa shape index (κ3) is 4.16. The van der Waals surface area contributed by atoms with Gasteiger partial charge in [0.05, 0.1) is 5.41 Å². The zero-order chi connectivity index (χ0) is 24.5. The lowest BCUT2D eigenvalue weighted by molar-refractivity contribution is -0.145. The van der Waals surface area contributed by atoms with E-state index < -0.39 is 16.9 Å². The highest BCUT2D eigenvalue weighted by Crippen LogP contribution is 2.49. The Hall–Kier alpha value is -3.74. The van der Waals surface area contributed by atoms with E-state index in [1.165, 1.54) is 0 Å². The van der Waals surface area contributed by atoms with Crippen LogP contribution in [0.4, 0.5) is 11.5 Å². The van der Waals surface area contributed by atoms with Crippen LogP contribution in [0.5, 0.6) is 0 Å². The standard InChI is InChI=1S/C28H30N4O3/c1-2-28(26(34)35,32-23-16-24(33)27(23)12-4-3-5-13-27)17-19-6-8-21(9-7-19)31-25-22-18-29-14-10-20(22)11-15-30-25/h6-11,14-16,18,32H,2-5,12-13,17H2,1H3,(H,30,31)(H,34,35)/t28-/m0/s1. The van der Waals surface area contributed by atoms with Gasteiger partial charge in [0.15, 0.2) is 5.78 Å². The second-order valence-corrected chi connectivity index (χ2v) is 9.69. The molecule has 2 aliphatic carbocycles. The van der Waals surface area contributed by atoms with Crippen LogP contribution in [0, 0.1) is 5.41 Å². The van der Waals surface area contributed by atoms with Crippen molar-refractivity contribution in [1.82, 2.24) is 15.3 Å². The molecule has 0 bridgehead atoms. The van der Waals surface area contributed by atoms with E-state index in [0.717, 1.165) is 65.6 Å². The van der Waals surface area contributed by atoms with Crippen LogP contribution in [-0.4, -0.2) is 32.4 Å². The minimum Gasteiger partial charge on any atom is -0.479 e. The molecule has 2 heterocycles. The van der Waals surface area contributed by atoms with Gasteiger partial charge in [0.2, 0.25) is 0 Å². The predicted molar refractivity (Wildman–Crippen MR) is 135 cm³/mol. The van der Waals surface area contributed by atoms with E-state index in [0.29, 0.717) is 12.8 Å². The largest absolute Gasteiger partial charge is 0.479 e. The Kier molecular flexibility index (Phi) is 6.01. The van der Waals surface area contributed by atoms with Crippen LogP contribution >= 0.6 is 0 Å². The molecule has 0 radical (unpaired) electrons. The molecule has 2 aromatic heterocycles. The first-order valence-corrected chi connectivity index (χ1v) is 12.3. The monoisotopic (exact) mass is 470 g/mol. The number of hydrogen-bond acceptors (Lipinski definition) is 6. The highest BCUT2D eigenvalue weighted by molar-refractivity contribution is 6.05. The van der Waals surface area contributed by atoms with Crippen molar-refractivity contribution in [3.63, 3.8) is 0 Å². The maximum absolute atomic E-state index is 12.5. The van der Waals surface area contributed by atoms with Crippen molar-refractivity contribution in [2.75, 3.05) is 5.32 Å². The van der Waals surface area contributed by atoms with Crippen LogP contribution in [0.2, 0.25) is 0 Å². The Balaban J connectivity index is 1.35. The molecule has 3 aromatic rings. The maximum Gasteiger partial charge on any atom is 0.329 e. The molecular weight excluding hydrogens is 440 g/mol. The Labute approximate surface area is 204 Å². The Morgan fingerprint density at radius 1 is 1.09 bits per heavy atom. The van der Waals surface area contributed by atoms with Gasteiger partial charge in [-0.3, -0.25) is 9.78 Å². The van der Waals surface area contributed by atoms with E-state index in [1.54, 1.807) is 24.7 Å². The normalized spacial score (nSPS) is 18.4. The molecule has 5 rings (SSSR count). The molecule has 35 heavy (non-hydrogen) atoms. The summed E-state index contributed by atoms with van der Waals surface area (Å²) < 4.78 is 0. The summed E-state index contributed by atoms with van der Waals surface area (Å²) >= 11 is 0. The third-order valence-electron chi connectivity index (χ3n) is 7.65. The number of aliphatic carboxylic acids is 1. The zero-order valence-corrected chi connectivity index (χ0v) is 19.9. The van der Waals surface area contributed by atoms with Crippen molar-refractivity contribution in [2.24, 2.45) is 5.41 Å². The molecule has 1 aromatic carbocycles. The lowest BCUT2D eigenvalue weighted by Gasteiger charge is -2.46. The van der Waals surface area contributed by atoms with Gasteiger partial charge in [0, 0.05) is 47.9 Å². The van der Waals surface area contributed by atoms with Gasteiger partial charge in [-0.2, -0.15) is 0 Å². The van der Waals surface area contributed by atoms with E-state index in [9.17, 15) is 14.7 Å². The third-order valence-corrected chi connectivity index (χ3v) is 7.65. The van der Waals surface area contributed by atoms with Gasteiger partial charge in [-0.1, -0.05) is 38.3 Å². The van der Waals surface area contributed by atoms with Gasteiger partial charge < -0.3 is 15.7 Å². The topological polar surface area (TPSA) is 104 Å². The Morgan fingerprint density at radius 2 is 1.83 bits per heavy atom. The smallest absolute Gasteiger partial charge is 0.329 e. The van der Waals surface area contributed by atoms with Gasteiger partial charge >= 0.3 is 5.97 Å². The summed E-state index contributed by atoms with van der Waals surface area (Å²) in [5.74, 6) is -0.0403. The van der Waals surface area contributed by atoms with Crippen molar-refractivity contribution in [3.05, 3.63) is 72.3 Å². The molecule has 3 N–H and O–H groups in total. The first-order chi connectivity index (χ1) is 17.0. The lowest BCUT2D eigenvalue weighted by Crippen LogP contribution is -2.59. The quantitative estimate of drug-likeness (QED) is 0.418. The van der Waals surface area contributed by atoms with Crippen LogP contribution in [0.3, 0.4) is 0 Å². The molecule has 7 nitrogen and oxygen atoms in total. The number of ketones is 1. The van der Waals surface area contributed by atoms with E-state index in [4.69, 9.17) is 0 Å². The van der Waals surface area contributed by atoms with Gasteiger partial charge in [-0.25, -0.2) is 9.78 Å².